The minimum atomic E-state index is -1.18. The maximum Gasteiger partial charge on any atom is 0.333 e. The summed E-state index contributed by atoms with van der Waals surface area (Å²) in [6.07, 6.45) is 2.58. The molecule has 0 atom stereocenters. The molecule has 0 bridgehead atoms. The monoisotopic (exact) mass is 304 g/mol. The molecule has 0 aliphatic carbocycles. The quantitative estimate of drug-likeness (QED) is 0.908. The molecule has 0 saturated heterocycles. The number of nitrogens with zero attached hydrogens (tertiary/aromatic N) is 2. The van der Waals surface area contributed by atoms with Crippen molar-refractivity contribution in [3.63, 3.8) is 0 Å². The molecular weight excluding hydrogens is 294 g/mol. The summed E-state index contributed by atoms with van der Waals surface area (Å²) in [5, 5.41) is 9.17. The smallest absolute Gasteiger partial charge is 0.333 e. The van der Waals surface area contributed by atoms with E-state index in [4.69, 9.17) is 0 Å². The maximum absolute atomic E-state index is 14.0. The first-order valence-electron chi connectivity index (χ1n) is 6.42. The highest BCUT2D eigenvalue weighted by Crippen LogP contribution is 2.31. The van der Waals surface area contributed by atoms with Crippen molar-refractivity contribution in [2.24, 2.45) is 4.99 Å². The molecular formula is C15H10F2N2O3. The van der Waals surface area contributed by atoms with Gasteiger partial charge in [-0.1, -0.05) is 0 Å². The Morgan fingerprint density at radius 1 is 1.32 bits per heavy atom. The number of ketones is 1. The van der Waals surface area contributed by atoms with E-state index in [-0.39, 0.29) is 30.0 Å². The number of carboxylic acids is 1. The van der Waals surface area contributed by atoms with Gasteiger partial charge in [-0.25, -0.2) is 13.6 Å². The van der Waals surface area contributed by atoms with Gasteiger partial charge in [-0.3, -0.25) is 14.7 Å². The number of hydrogen-bond acceptors (Lipinski definition) is 4. The van der Waals surface area contributed by atoms with E-state index in [1.807, 2.05) is 0 Å². The number of carbonyl (C=O) groups is 2. The van der Waals surface area contributed by atoms with E-state index in [1.165, 1.54) is 23.2 Å². The van der Waals surface area contributed by atoms with Gasteiger partial charge >= 0.3 is 5.97 Å². The van der Waals surface area contributed by atoms with Crippen LogP contribution in [0.15, 0.2) is 46.6 Å². The molecule has 3 rings (SSSR count). The first-order valence-corrected chi connectivity index (χ1v) is 6.42. The van der Waals surface area contributed by atoms with Crippen molar-refractivity contribution in [3.05, 3.63) is 53.3 Å². The van der Waals surface area contributed by atoms with E-state index in [0.29, 0.717) is 17.5 Å². The predicted octanol–water partition coefficient (Wildman–Crippen LogP) is 2.05. The molecule has 2 heterocycles. The number of rotatable bonds is 2. The first-order chi connectivity index (χ1) is 10.5. The Morgan fingerprint density at radius 2 is 2.09 bits per heavy atom. The second kappa shape index (κ2) is 5.18. The number of aliphatic carboxylic acids is 1. The third-order valence-corrected chi connectivity index (χ3v) is 3.35. The summed E-state index contributed by atoms with van der Waals surface area (Å²) >= 11 is 0. The van der Waals surface area contributed by atoms with Gasteiger partial charge in [0.2, 0.25) is 0 Å². The third kappa shape index (κ3) is 2.41. The molecule has 0 unspecified atom stereocenters. The van der Waals surface area contributed by atoms with Crippen molar-refractivity contribution in [3.8, 4) is 0 Å². The molecule has 1 aromatic carbocycles. The Bertz CT molecular complexity index is 781. The number of fused-ring (bicyclic) bond motifs is 1. The fraction of sp³-hybridized carbons (Fsp3) is 0.133. The van der Waals surface area contributed by atoms with Crippen LogP contribution in [0.4, 0.5) is 14.5 Å². The predicted molar refractivity (Wildman–Crippen MR) is 74.6 cm³/mol. The Morgan fingerprint density at radius 3 is 2.77 bits per heavy atom. The molecule has 112 valence electrons. The van der Waals surface area contributed by atoms with Crippen molar-refractivity contribution in [2.45, 2.75) is 6.42 Å². The summed E-state index contributed by atoms with van der Waals surface area (Å²) in [6.45, 7) is -0.0889. The number of hydrogen-bond donors (Lipinski definition) is 1. The highest BCUT2D eigenvalue weighted by molar-refractivity contribution is 6.19. The lowest BCUT2D eigenvalue weighted by molar-refractivity contribution is -0.132. The number of amidine groups is 1. The van der Waals surface area contributed by atoms with Crippen molar-refractivity contribution in [1.82, 2.24) is 0 Å². The van der Waals surface area contributed by atoms with Gasteiger partial charge in [0.1, 0.15) is 24.0 Å². The van der Waals surface area contributed by atoms with Gasteiger partial charge in [0.15, 0.2) is 5.78 Å². The zero-order valence-electron chi connectivity index (χ0n) is 11.2. The zero-order chi connectivity index (χ0) is 15.9. The second-order valence-electron chi connectivity index (χ2n) is 4.88. The number of aliphatic imine (C=N–C) groups is 1. The molecule has 0 aromatic heterocycles. The number of benzene rings is 1. The summed E-state index contributed by atoms with van der Waals surface area (Å²) in [6, 6.07) is 2.97. The number of halogens is 2. The van der Waals surface area contributed by atoms with Crippen LogP contribution in [-0.4, -0.2) is 29.2 Å². The van der Waals surface area contributed by atoms with Gasteiger partial charge in [0.25, 0.3) is 0 Å². The Kier molecular flexibility index (Phi) is 3.32. The van der Waals surface area contributed by atoms with Crippen molar-refractivity contribution < 1.29 is 23.5 Å². The number of carboxylic acid groups (broad SMARTS) is 1. The summed E-state index contributed by atoms with van der Waals surface area (Å²) < 4.78 is 27.0. The lowest BCUT2D eigenvalue weighted by Crippen LogP contribution is -2.36. The maximum atomic E-state index is 14.0. The number of dihydropyridines is 1. The SMILES string of the molecule is O=C1C=C2CC(C(=O)O)=CN(c3ccc(F)cc3F)C2=NC1. The van der Waals surface area contributed by atoms with E-state index in [0.717, 1.165) is 6.07 Å². The van der Waals surface area contributed by atoms with E-state index < -0.39 is 17.6 Å². The zero-order valence-corrected chi connectivity index (χ0v) is 11.2. The Balaban J connectivity index is 2.14. The van der Waals surface area contributed by atoms with E-state index >= 15 is 0 Å². The summed E-state index contributed by atoms with van der Waals surface area (Å²) in [5.41, 5.74) is 0.363. The molecule has 1 aromatic rings. The molecule has 2 aliphatic rings. The summed E-state index contributed by atoms with van der Waals surface area (Å²) in [4.78, 5) is 28.0. The standard InChI is InChI=1S/C15H10F2N2O3/c16-10-1-2-13(12(17)5-10)19-7-9(15(21)22)3-8-4-11(20)6-18-14(8)19/h1-2,4-5,7H,3,6H2,(H,21,22). The van der Waals surface area contributed by atoms with Crippen LogP contribution in [0.25, 0.3) is 0 Å². The van der Waals surface area contributed by atoms with Crippen molar-refractivity contribution in [2.75, 3.05) is 11.4 Å². The molecule has 0 spiro atoms. The van der Waals surface area contributed by atoms with Gasteiger partial charge in [-0.15, -0.1) is 0 Å². The summed E-state index contributed by atoms with van der Waals surface area (Å²) in [7, 11) is 0. The van der Waals surface area contributed by atoms with E-state index in [1.54, 1.807) is 0 Å². The molecule has 2 aliphatic heterocycles. The van der Waals surface area contributed by atoms with E-state index in [9.17, 15) is 23.5 Å². The lowest BCUT2D eigenvalue weighted by Gasteiger charge is -2.30. The number of anilines is 1. The largest absolute Gasteiger partial charge is 0.478 e. The molecule has 0 amide bonds. The van der Waals surface area contributed by atoms with Gasteiger partial charge < -0.3 is 5.11 Å². The molecule has 22 heavy (non-hydrogen) atoms. The third-order valence-electron chi connectivity index (χ3n) is 3.35. The fourth-order valence-electron chi connectivity index (χ4n) is 2.38. The lowest BCUT2D eigenvalue weighted by atomic mass is 9.97. The average Bonchev–Trinajstić information content (AvgIpc) is 2.45. The van der Waals surface area contributed by atoms with Gasteiger partial charge in [-0.05, 0) is 18.2 Å². The first kappa shape index (κ1) is 14.1. The minimum absolute atomic E-state index is 0.0105. The molecule has 0 fully saturated rings. The highest BCUT2D eigenvalue weighted by Gasteiger charge is 2.30. The van der Waals surface area contributed by atoms with Crippen LogP contribution in [0.3, 0.4) is 0 Å². The topological polar surface area (TPSA) is 70.0 Å². The van der Waals surface area contributed by atoms with Crippen molar-refractivity contribution in [1.29, 1.82) is 0 Å². The van der Waals surface area contributed by atoms with Crippen LogP contribution >= 0.6 is 0 Å². The van der Waals surface area contributed by atoms with Crippen molar-refractivity contribution >= 4 is 23.3 Å². The van der Waals surface area contributed by atoms with Crippen LogP contribution in [0.1, 0.15) is 6.42 Å². The van der Waals surface area contributed by atoms with Crippen LogP contribution in [0, 0.1) is 11.6 Å². The molecule has 0 radical (unpaired) electrons. The highest BCUT2D eigenvalue weighted by atomic mass is 19.1. The van der Waals surface area contributed by atoms with Crippen LogP contribution in [0.5, 0.6) is 0 Å². The van der Waals surface area contributed by atoms with Gasteiger partial charge in [0.05, 0.1) is 11.3 Å². The summed E-state index contributed by atoms with van der Waals surface area (Å²) in [5.74, 6) is -2.70. The molecule has 7 heteroatoms. The van der Waals surface area contributed by atoms with Crippen LogP contribution in [0.2, 0.25) is 0 Å². The molecule has 0 saturated carbocycles. The fourth-order valence-corrected chi connectivity index (χ4v) is 2.38. The average molecular weight is 304 g/mol. The van der Waals surface area contributed by atoms with Gasteiger partial charge in [0, 0.05) is 24.3 Å². The van der Waals surface area contributed by atoms with Crippen LogP contribution in [-0.2, 0) is 9.59 Å². The Hall–Kier alpha value is -2.83. The normalized spacial score (nSPS) is 17.5. The number of carbonyl (C=O) groups excluding carboxylic acids is 1. The van der Waals surface area contributed by atoms with Gasteiger partial charge in [-0.2, -0.15) is 0 Å². The van der Waals surface area contributed by atoms with E-state index in [2.05, 4.69) is 4.99 Å². The molecule has 5 nitrogen and oxygen atoms in total. The second-order valence-corrected chi connectivity index (χ2v) is 4.88. The van der Waals surface area contributed by atoms with Crippen LogP contribution < -0.4 is 4.90 Å². The molecule has 1 N–H and O–H groups in total. The Labute approximate surface area is 123 Å². The minimum Gasteiger partial charge on any atom is -0.478 e.